The molecule has 1 aliphatic rings. The molecule has 0 aromatic heterocycles. The van der Waals surface area contributed by atoms with Crippen LogP contribution in [0, 0.1) is 6.92 Å². The lowest BCUT2D eigenvalue weighted by molar-refractivity contribution is -0.903. The highest BCUT2D eigenvalue weighted by molar-refractivity contribution is 6.30. The standard InChI is InChI=1S/C20H25ClN2O2/c1-16-4-2-7-20(12-16)25-15-19(24)14-22-8-10-23(11-9-22)18-6-3-5-17(21)13-18/h2-7,12-13,19,24H,8-11,14-15H2,1H3/p+1/t19-/m1/s1. The number of halogens is 1. The Morgan fingerprint density at radius 2 is 1.92 bits per heavy atom. The summed E-state index contributed by atoms with van der Waals surface area (Å²) in [5, 5.41) is 11.0. The molecule has 2 N–H and O–H groups in total. The topological polar surface area (TPSA) is 37.1 Å². The van der Waals surface area contributed by atoms with Gasteiger partial charge in [0.15, 0.2) is 0 Å². The Bertz CT molecular complexity index is 687. The summed E-state index contributed by atoms with van der Waals surface area (Å²) in [6, 6.07) is 15.9. The lowest BCUT2D eigenvalue weighted by atomic mass is 10.2. The quantitative estimate of drug-likeness (QED) is 0.823. The van der Waals surface area contributed by atoms with Crippen LogP contribution in [0.1, 0.15) is 5.56 Å². The number of hydrogen-bond acceptors (Lipinski definition) is 3. The van der Waals surface area contributed by atoms with E-state index in [-0.39, 0.29) is 0 Å². The van der Waals surface area contributed by atoms with Crippen LogP contribution >= 0.6 is 11.6 Å². The molecule has 0 spiro atoms. The number of ether oxygens (including phenoxy) is 1. The zero-order chi connectivity index (χ0) is 17.6. The SMILES string of the molecule is Cc1cccc(OC[C@H](O)C[NH+]2CCN(c3cccc(Cl)c3)CC2)c1. The highest BCUT2D eigenvalue weighted by atomic mass is 35.5. The molecular formula is C20H26ClN2O2+. The molecule has 0 radical (unpaired) electrons. The summed E-state index contributed by atoms with van der Waals surface area (Å²) < 4.78 is 5.71. The van der Waals surface area contributed by atoms with Crippen molar-refractivity contribution in [3.63, 3.8) is 0 Å². The molecular weight excluding hydrogens is 336 g/mol. The number of nitrogens with zero attached hydrogens (tertiary/aromatic N) is 1. The number of piperazine rings is 1. The zero-order valence-corrected chi connectivity index (χ0v) is 15.4. The van der Waals surface area contributed by atoms with Crippen LogP contribution in [0.3, 0.4) is 0 Å². The summed E-state index contributed by atoms with van der Waals surface area (Å²) in [5.41, 5.74) is 2.34. The number of nitrogens with one attached hydrogen (secondary N) is 1. The van der Waals surface area contributed by atoms with Crippen LogP contribution < -0.4 is 14.5 Å². The summed E-state index contributed by atoms with van der Waals surface area (Å²) in [6.45, 7) is 7.05. The minimum atomic E-state index is -0.451. The summed E-state index contributed by atoms with van der Waals surface area (Å²) in [6.07, 6.45) is -0.451. The Hall–Kier alpha value is -1.75. The molecule has 0 bridgehead atoms. The van der Waals surface area contributed by atoms with Gasteiger partial charge in [0.05, 0.1) is 26.2 Å². The van der Waals surface area contributed by atoms with E-state index in [0.29, 0.717) is 6.61 Å². The molecule has 3 rings (SSSR count). The predicted octanol–water partition coefficient (Wildman–Crippen LogP) is 1.79. The summed E-state index contributed by atoms with van der Waals surface area (Å²) in [7, 11) is 0. The molecule has 0 unspecified atom stereocenters. The number of hydrogen-bond donors (Lipinski definition) is 2. The second kappa shape index (κ2) is 8.56. The van der Waals surface area contributed by atoms with Crippen LogP contribution in [0.25, 0.3) is 0 Å². The predicted molar refractivity (Wildman–Crippen MR) is 102 cm³/mol. The monoisotopic (exact) mass is 361 g/mol. The van der Waals surface area contributed by atoms with E-state index >= 15 is 0 Å². The molecule has 1 atom stereocenters. The first-order chi connectivity index (χ1) is 12.1. The van der Waals surface area contributed by atoms with Crippen molar-refractivity contribution in [1.82, 2.24) is 0 Å². The Kier molecular flexibility index (Phi) is 6.19. The van der Waals surface area contributed by atoms with Gasteiger partial charge < -0.3 is 19.6 Å². The summed E-state index contributed by atoms with van der Waals surface area (Å²) in [5.74, 6) is 0.819. The molecule has 5 heteroatoms. The normalized spacial score (nSPS) is 16.7. The van der Waals surface area contributed by atoms with E-state index in [1.54, 1.807) is 0 Å². The van der Waals surface area contributed by atoms with Crippen LogP contribution in [0.5, 0.6) is 5.75 Å². The van der Waals surface area contributed by atoms with Gasteiger partial charge in [0.1, 0.15) is 25.0 Å². The van der Waals surface area contributed by atoms with Gasteiger partial charge in [-0.15, -0.1) is 0 Å². The van der Waals surface area contributed by atoms with Crippen molar-refractivity contribution in [3.8, 4) is 5.75 Å². The summed E-state index contributed by atoms with van der Waals surface area (Å²) >= 11 is 6.08. The maximum absolute atomic E-state index is 10.3. The average molecular weight is 362 g/mol. The molecule has 25 heavy (non-hydrogen) atoms. The van der Waals surface area contributed by atoms with Crippen molar-refractivity contribution in [1.29, 1.82) is 0 Å². The molecule has 0 aliphatic carbocycles. The van der Waals surface area contributed by atoms with E-state index in [1.807, 2.05) is 49.4 Å². The van der Waals surface area contributed by atoms with Crippen molar-refractivity contribution < 1.29 is 14.7 Å². The molecule has 134 valence electrons. The number of aliphatic hydroxyl groups is 1. The van der Waals surface area contributed by atoms with Crippen LogP contribution in [0.15, 0.2) is 48.5 Å². The lowest BCUT2D eigenvalue weighted by Gasteiger charge is -2.34. The highest BCUT2D eigenvalue weighted by Gasteiger charge is 2.23. The third-order valence-electron chi connectivity index (χ3n) is 4.60. The van der Waals surface area contributed by atoms with Gasteiger partial charge in [-0.3, -0.25) is 0 Å². The minimum Gasteiger partial charge on any atom is -0.491 e. The third kappa shape index (κ3) is 5.36. The van der Waals surface area contributed by atoms with Crippen LogP contribution in [-0.4, -0.2) is 50.5 Å². The van der Waals surface area contributed by atoms with Gasteiger partial charge in [0.25, 0.3) is 0 Å². The van der Waals surface area contributed by atoms with Crippen molar-refractivity contribution in [3.05, 3.63) is 59.1 Å². The first kappa shape index (κ1) is 18.1. The fraction of sp³-hybridized carbons (Fsp3) is 0.400. The number of anilines is 1. The molecule has 1 saturated heterocycles. The maximum Gasteiger partial charge on any atom is 0.137 e. The van der Waals surface area contributed by atoms with E-state index < -0.39 is 6.10 Å². The smallest absolute Gasteiger partial charge is 0.137 e. The van der Waals surface area contributed by atoms with Gasteiger partial charge in [0, 0.05) is 10.7 Å². The van der Waals surface area contributed by atoms with E-state index in [1.165, 1.54) is 10.6 Å². The molecule has 1 fully saturated rings. The minimum absolute atomic E-state index is 0.338. The number of rotatable bonds is 6. The van der Waals surface area contributed by atoms with E-state index in [4.69, 9.17) is 16.3 Å². The Balaban J connectivity index is 1.42. The fourth-order valence-corrected chi connectivity index (χ4v) is 3.43. The third-order valence-corrected chi connectivity index (χ3v) is 4.84. The second-order valence-corrected chi connectivity index (χ2v) is 7.14. The van der Waals surface area contributed by atoms with Gasteiger partial charge >= 0.3 is 0 Å². The molecule has 4 nitrogen and oxygen atoms in total. The van der Waals surface area contributed by atoms with E-state index in [0.717, 1.165) is 49.1 Å². The highest BCUT2D eigenvalue weighted by Crippen LogP contribution is 2.19. The number of aliphatic hydroxyl groups excluding tert-OH is 1. The molecule has 0 saturated carbocycles. The lowest BCUT2D eigenvalue weighted by Crippen LogP contribution is -3.16. The summed E-state index contributed by atoms with van der Waals surface area (Å²) in [4.78, 5) is 3.77. The van der Waals surface area contributed by atoms with Gasteiger partial charge in [-0.2, -0.15) is 0 Å². The molecule has 2 aromatic rings. The number of aryl methyl sites for hydroxylation is 1. The Morgan fingerprint density at radius 3 is 2.64 bits per heavy atom. The van der Waals surface area contributed by atoms with E-state index in [2.05, 4.69) is 11.0 Å². The van der Waals surface area contributed by atoms with Crippen LogP contribution in [0.2, 0.25) is 5.02 Å². The van der Waals surface area contributed by atoms with Gasteiger partial charge in [-0.1, -0.05) is 29.8 Å². The van der Waals surface area contributed by atoms with E-state index in [9.17, 15) is 5.11 Å². The number of benzene rings is 2. The molecule has 1 aliphatic heterocycles. The first-order valence-corrected chi connectivity index (χ1v) is 9.19. The Labute approximate surface area is 154 Å². The van der Waals surface area contributed by atoms with Gasteiger partial charge in [0.2, 0.25) is 0 Å². The average Bonchev–Trinajstić information content (AvgIpc) is 2.61. The van der Waals surface area contributed by atoms with Crippen molar-refractivity contribution in [2.45, 2.75) is 13.0 Å². The first-order valence-electron chi connectivity index (χ1n) is 8.82. The molecule has 1 heterocycles. The van der Waals surface area contributed by atoms with Crippen molar-refractivity contribution in [2.24, 2.45) is 0 Å². The van der Waals surface area contributed by atoms with Gasteiger partial charge in [-0.05, 0) is 42.8 Å². The van der Waals surface area contributed by atoms with Crippen molar-refractivity contribution in [2.75, 3.05) is 44.2 Å². The largest absolute Gasteiger partial charge is 0.491 e. The van der Waals surface area contributed by atoms with Crippen LogP contribution in [0.4, 0.5) is 5.69 Å². The maximum atomic E-state index is 10.3. The number of quaternary nitrogens is 1. The van der Waals surface area contributed by atoms with Crippen molar-refractivity contribution >= 4 is 17.3 Å². The molecule has 2 aromatic carbocycles. The molecule has 0 amide bonds. The fourth-order valence-electron chi connectivity index (χ4n) is 3.25. The van der Waals surface area contributed by atoms with Crippen LogP contribution in [-0.2, 0) is 0 Å². The Morgan fingerprint density at radius 1 is 1.16 bits per heavy atom. The second-order valence-electron chi connectivity index (χ2n) is 6.70. The zero-order valence-electron chi connectivity index (χ0n) is 14.6. The van der Waals surface area contributed by atoms with Gasteiger partial charge in [-0.25, -0.2) is 0 Å².